The summed E-state index contributed by atoms with van der Waals surface area (Å²) in [5, 5.41) is 25.2. The monoisotopic (exact) mass is 502 g/mol. The molecule has 11 heteroatoms. The van der Waals surface area contributed by atoms with Gasteiger partial charge in [0.15, 0.2) is 6.10 Å². The van der Waals surface area contributed by atoms with Crippen molar-refractivity contribution in [1.82, 2.24) is 9.66 Å². The minimum atomic E-state index is -1.34. The zero-order valence-corrected chi connectivity index (χ0v) is 18.9. The summed E-state index contributed by atoms with van der Waals surface area (Å²) in [7, 11) is 0. The molecule has 1 atom stereocenters. The van der Waals surface area contributed by atoms with Gasteiger partial charge in [0, 0.05) is 22.0 Å². The summed E-state index contributed by atoms with van der Waals surface area (Å²) in [6.07, 6.45) is -0.118. The maximum absolute atomic E-state index is 13.1. The number of nitro groups is 1. The molecule has 166 valence electrons. The van der Waals surface area contributed by atoms with E-state index in [1.54, 1.807) is 18.2 Å². The third kappa shape index (κ3) is 4.67. The summed E-state index contributed by atoms with van der Waals surface area (Å²) < 4.78 is 7.17. The number of aliphatic carboxylic acids is 1. The van der Waals surface area contributed by atoms with Gasteiger partial charge in [0.25, 0.3) is 5.56 Å². The first-order valence-electron chi connectivity index (χ1n) is 9.53. The molecule has 3 aromatic rings. The summed E-state index contributed by atoms with van der Waals surface area (Å²) in [5.74, 6) is -1.30. The SMILES string of the molecule is CC(C)c1nc2ccc(Br)cc2c(=O)n1N=Cc1cccc([N+](=O)[O-])c1O[C@H](C)C(=O)O. The lowest BCUT2D eigenvalue weighted by atomic mass is 10.1. The van der Waals surface area contributed by atoms with Gasteiger partial charge in [0.1, 0.15) is 5.82 Å². The largest absolute Gasteiger partial charge is 0.479 e. The second kappa shape index (κ2) is 9.27. The Balaban J connectivity index is 2.19. The predicted molar refractivity (Wildman–Crippen MR) is 122 cm³/mol. The van der Waals surface area contributed by atoms with Crippen LogP contribution in [0.3, 0.4) is 0 Å². The minimum Gasteiger partial charge on any atom is -0.479 e. The molecule has 0 spiro atoms. The molecule has 0 saturated carbocycles. The highest BCUT2D eigenvalue weighted by atomic mass is 79.9. The smallest absolute Gasteiger partial charge is 0.344 e. The lowest BCUT2D eigenvalue weighted by molar-refractivity contribution is -0.386. The number of halogens is 1. The molecule has 0 aliphatic rings. The van der Waals surface area contributed by atoms with E-state index in [2.05, 4.69) is 26.0 Å². The Morgan fingerprint density at radius 1 is 1.31 bits per heavy atom. The number of carbonyl (C=O) groups is 1. The van der Waals surface area contributed by atoms with Crippen molar-refractivity contribution in [2.24, 2.45) is 5.10 Å². The Bertz CT molecular complexity index is 1300. The molecule has 32 heavy (non-hydrogen) atoms. The van der Waals surface area contributed by atoms with Crippen molar-refractivity contribution < 1.29 is 19.6 Å². The van der Waals surface area contributed by atoms with Crippen molar-refractivity contribution in [3.05, 3.63) is 72.7 Å². The molecule has 1 N–H and O–H groups in total. The van der Waals surface area contributed by atoms with Crippen LogP contribution in [0.15, 0.2) is 50.8 Å². The molecular weight excluding hydrogens is 484 g/mol. The fourth-order valence-electron chi connectivity index (χ4n) is 2.91. The first-order valence-corrected chi connectivity index (χ1v) is 10.3. The van der Waals surface area contributed by atoms with Gasteiger partial charge < -0.3 is 9.84 Å². The molecular formula is C21H19BrN4O6. The van der Waals surface area contributed by atoms with Crippen LogP contribution in [0.1, 0.15) is 38.1 Å². The Hall–Kier alpha value is -3.60. The number of hydrogen-bond acceptors (Lipinski definition) is 7. The molecule has 0 saturated heterocycles. The average Bonchev–Trinajstić information content (AvgIpc) is 2.73. The number of rotatable bonds is 7. The van der Waals surface area contributed by atoms with E-state index >= 15 is 0 Å². The zero-order chi connectivity index (χ0) is 23.6. The number of fused-ring (bicyclic) bond motifs is 1. The second-order valence-electron chi connectivity index (χ2n) is 7.20. The van der Waals surface area contributed by atoms with E-state index in [9.17, 15) is 19.7 Å². The van der Waals surface area contributed by atoms with Gasteiger partial charge in [-0.25, -0.2) is 9.78 Å². The molecule has 1 heterocycles. The van der Waals surface area contributed by atoms with E-state index in [0.29, 0.717) is 21.2 Å². The molecule has 0 bridgehead atoms. The maximum atomic E-state index is 13.1. The van der Waals surface area contributed by atoms with Crippen LogP contribution in [0.2, 0.25) is 0 Å². The van der Waals surface area contributed by atoms with Crippen LogP contribution in [0, 0.1) is 10.1 Å². The van der Waals surface area contributed by atoms with Gasteiger partial charge in [-0.1, -0.05) is 35.8 Å². The molecule has 0 unspecified atom stereocenters. The number of para-hydroxylation sites is 1. The molecule has 0 fully saturated rings. The number of ether oxygens (including phenoxy) is 1. The van der Waals surface area contributed by atoms with E-state index in [1.165, 1.54) is 31.3 Å². The van der Waals surface area contributed by atoms with Crippen molar-refractivity contribution in [3.8, 4) is 5.75 Å². The van der Waals surface area contributed by atoms with Gasteiger partial charge in [-0.05, 0) is 31.2 Å². The van der Waals surface area contributed by atoms with Crippen molar-refractivity contribution in [2.45, 2.75) is 32.8 Å². The fraction of sp³-hybridized carbons (Fsp3) is 0.238. The summed E-state index contributed by atoms with van der Waals surface area (Å²) in [5.41, 5.74) is -0.173. The molecule has 2 aromatic carbocycles. The van der Waals surface area contributed by atoms with Gasteiger partial charge in [0.2, 0.25) is 5.75 Å². The van der Waals surface area contributed by atoms with Crippen LogP contribution in [0.4, 0.5) is 5.69 Å². The Morgan fingerprint density at radius 3 is 2.66 bits per heavy atom. The molecule has 0 radical (unpaired) electrons. The highest BCUT2D eigenvalue weighted by molar-refractivity contribution is 9.10. The van der Waals surface area contributed by atoms with Crippen LogP contribution >= 0.6 is 15.9 Å². The van der Waals surface area contributed by atoms with Gasteiger partial charge in [-0.2, -0.15) is 9.78 Å². The van der Waals surface area contributed by atoms with Gasteiger partial charge in [0.05, 0.1) is 22.0 Å². The normalized spacial score (nSPS) is 12.4. The van der Waals surface area contributed by atoms with Crippen molar-refractivity contribution in [2.75, 3.05) is 0 Å². The zero-order valence-electron chi connectivity index (χ0n) is 17.4. The lowest BCUT2D eigenvalue weighted by Crippen LogP contribution is -2.24. The van der Waals surface area contributed by atoms with Gasteiger partial charge >= 0.3 is 11.7 Å². The van der Waals surface area contributed by atoms with E-state index in [0.717, 1.165) is 4.68 Å². The van der Waals surface area contributed by atoms with Crippen molar-refractivity contribution >= 4 is 44.7 Å². The molecule has 0 amide bonds. The van der Waals surface area contributed by atoms with Crippen LogP contribution in [-0.4, -0.2) is 38.0 Å². The molecule has 0 aliphatic carbocycles. The highest BCUT2D eigenvalue weighted by Crippen LogP contribution is 2.31. The number of benzene rings is 2. The maximum Gasteiger partial charge on any atom is 0.344 e. The number of hydrogen-bond donors (Lipinski definition) is 1. The highest BCUT2D eigenvalue weighted by Gasteiger charge is 2.23. The first-order chi connectivity index (χ1) is 15.1. The topological polar surface area (TPSA) is 137 Å². The van der Waals surface area contributed by atoms with E-state index < -0.39 is 28.2 Å². The van der Waals surface area contributed by atoms with Gasteiger partial charge in [-0.3, -0.25) is 14.9 Å². The molecule has 10 nitrogen and oxygen atoms in total. The van der Waals surface area contributed by atoms with E-state index in [-0.39, 0.29) is 17.2 Å². The third-order valence-corrected chi connectivity index (χ3v) is 5.02. The number of nitro benzene ring substituents is 1. The van der Waals surface area contributed by atoms with Crippen LogP contribution in [0.25, 0.3) is 10.9 Å². The number of carboxylic acids is 1. The number of aromatic nitrogens is 2. The predicted octanol–water partition coefficient (Wildman–Crippen LogP) is 3.92. The van der Waals surface area contributed by atoms with Crippen molar-refractivity contribution in [3.63, 3.8) is 0 Å². The average molecular weight is 503 g/mol. The summed E-state index contributed by atoms with van der Waals surface area (Å²) >= 11 is 3.34. The third-order valence-electron chi connectivity index (χ3n) is 4.53. The Labute approximate surface area is 190 Å². The fourth-order valence-corrected chi connectivity index (χ4v) is 3.28. The summed E-state index contributed by atoms with van der Waals surface area (Å²) in [6, 6.07) is 9.23. The lowest BCUT2D eigenvalue weighted by Gasteiger charge is -2.14. The first kappa shape index (κ1) is 23.1. The summed E-state index contributed by atoms with van der Waals surface area (Å²) in [4.78, 5) is 39.6. The van der Waals surface area contributed by atoms with E-state index in [4.69, 9.17) is 9.84 Å². The van der Waals surface area contributed by atoms with E-state index in [1.807, 2.05) is 13.8 Å². The Morgan fingerprint density at radius 2 is 2.03 bits per heavy atom. The molecule has 3 rings (SSSR count). The minimum absolute atomic E-state index is 0.142. The quantitative estimate of drug-likeness (QED) is 0.293. The standard InChI is InChI=1S/C21H19BrN4O6/c1-11(2)19-24-16-8-7-14(22)9-15(16)20(27)25(19)23-10-13-5-4-6-17(26(30)31)18(13)32-12(3)21(28)29/h4-12H,1-3H3,(H,28,29)/t12-/m1/s1. The number of nitrogens with zero attached hydrogens (tertiary/aromatic N) is 4. The number of carboxylic acid groups (broad SMARTS) is 1. The van der Waals surface area contributed by atoms with Gasteiger partial charge in [-0.15, -0.1) is 0 Å². The molecule has 1 aromatic heterocycles. The van der Waals surface area contributed by atoms with Crippen LogP contribution in [-0.2, 0) is 4.79 Å². The van der Waals surface area contributed by atoms with Crippen LogP contribution < -0.4 is 10.3 Å². The Kier molecular flexibility index (Phi) is 6.68. The summed E-state index contributed by atoms with van der Waals surface area (Å²) in [6.45, 7) is 4.97. The van der Waals surface area contributed by atoms with Crippen LogP contribution in [0.5, 0.6) is 5.75 Å². The molecule has 0 aliphatic heterocycles. The van der Waals surface area contributed by atoms with Crippen molar-refractivity contribution in [1.29, 1.82) is 0 Å². The second-order valence-corrected chi connectivity index (χ2v) is 8.11.